The Morgan fingerprint density at radius 2 is 0.563 bits per heavy atom. The molecular formula is C82H68N4S. The summed E-state index contributed by atoms with van der Waals surface area (Å²) in [5.41, 5.74) is 22.3. The van der Waals surface area contributed by atoms with E-state index in [1.165, 1.54) is 175 Å². The number of aromatic nitrogens is 2. The van der Waals surface area contributed by atoms with E-state index in [1.807, 2.05) is 11.3 Å². The normalized spacial score (nSPS) is 13.1. The molecule has 3 heterocycles. The van der Waals surface area contributed by atoms with Gasteiger partial charge in [0.25, 0.3) is 0 Å². The molecule has 0 saturated heterocycles. The van der Waals surface area contributed by atoms with E-state index in [1.54, 1.807) is 0 Å². The van der Waals surface area contributed by atoms with Crippen molar-refractivity contribution >= 4 is 109 Å². The largest absolute Gasteiger partial charge is 0.311 e. The first kappa shape index (κ1) is 53.8. The van der Waals surface area contributed by atoms with E-state index < -0.39 is 0 Å². The maximum absolute atomic E-state index is 2.41. The number of thiophene rings is 1. The number of fused-ring (bicyclic) bond motifs is 9. The van der Waals surface area contributed by atoms with E-state index in [0.29, 0.717) is 0 Å². The summed E-state index contributed by atoms with van der Waals surface area (Å²) >= 11 is 1.87. The molecule has 5 heteroatoms. The number of rotatable bonds is 10. The van der Waals surface area contributed by atoms with Crippen LogP contribution in [0.15, 0.2) is 279 Å². The fourth-order valence-electron chi connectivity index (χ4n) is 13.9. The molecule has 87 heavy (non-hydrogen) atoms. The molecule has 1 saturated carbocycles. The van der Waals surface area contributed by atoms with Gasteiger partial charge in [-0.1, -0.05) is 187 Å². The summed E-state index contributed by atoms with van der Waals surface area (Å²) in [7, 11) is 0. The van der Waals surface area contributed by atoms with E-state index in [-0.39, 0.29) is 5.41 Å². The second kappa shape index (κ2) is 22.5. The summed E-state index contributed by atoms with van der Waals surface area (Å²) in [5.74, 6) is 0. The third-order valence-electron chi connectivity index (χ3n) is 18.3. The van der Waals surface area contributed by atoms with Crippen LogP contribution in [-0.2, 0) is 5.41 Å². The molecule has 15 aromatic rings. The molecule has 0 unspecified atom stereocenters. The first-order valence-electron chi connectivity index (χ1n) is 30.8. The second-order valence-corrected chi connectivity index (χ2v) is 25.0. The summed E-state index contributed by atoms with van der Waals surface area (Å²) in [5, 5.41) is 7.76. The summed E-state index contributed by atoms with van der Waals surface area (Å²) in [6.45, 7) is 8.59. The lowest BCUT2D eigenvalue weighted by atomic mass is 9.65. The van der Waals surface area contributed by atoms with Crippen molar-refractivity contribution in [2.24, 2.45) is 0 Å². The Hall–Kier alpha value is -9.94. The zero-order chi connectivity index (χ0) is 58.6. The summed E-state index contributed by atoms with van der Waals surface area (Å²) in [6.07, 6.45) is 6.15. The molecule has 0 spiro atoms. The van der Waals surface area contributed by atoms with Crippen LogP contribution in [0.3, 0.4) is 0 Å². The molecule has 0 aliphatic heterocycles. The van der Waals surface area contributed by atoms with Crippen LogP contribution in [0.5, 0.6) is 0 Å². The van der Waals surface area contributed by atoms with Gasteiger partial charge in [0, 0.05) is 92.6 Å². The van der Waals surface area contributed by atoms with Crippen LogP contribution >= 0.6 is 11.3 Å². The molecule has 1 aliphatic carbocycles. The fourth-order valence-corrected chi connectivity index (χ4v) is 14.9. The van der Waals surface area contributed by atoms with Gasteiger partial charge in [-0.25, -0.2) is 0 Å². The third kappa shape index (κ3) is 9.83. The first-order valence-corrected chi connectivity index (χ1v) is 31.6. The lowest BCUT2D eigenvalue weighted by Crippen LogP contribution is -2.30. The Kier molecular flexibility index (Phi) is 13.9. The quantitative estimate of drug-likeness (QED) is 0.136. The van der Waals surface area contributed by atoms with Crippen molar-refractivity contribution in [3.05, 3.63) is 312 Å². The average Bonchev–Trinajstić information content (AvgIpc) is 1.75. The van der Waals surface area contributed by atoms with Gasteiger partial charge in [0.15, 0.2) is 0 Å². The van der Waals surface area contributed by atoms with Crippen LogP contribution < -0.4 is 9.80 Å². The number of hydrogen-bond acceptors (Lipinski definition) is 3. The predicted molar refractivity (Wildman–Crippen MR) is 373 cm³/mol. The first-order chi connectivity index (χ1) is 42.7. The van der Waals surface area contributed by atoms with E-state index in [4.69, 9.17) is 0 Å². The zero-order valence-corrected chi connectivity index (χ0v) is 50.6. The minimum atomic E-state index is 0.00636. The zero-order valence-electron chi connectivity index (χ0n) is 49.8. The number of anilines is 6. The van der Waals surface area contributed by atoms with Gasteiger partial charge in [-0.2, -0.15) is 0 Å². The topological polar surface area (TPSA) is 16.3 Å². The van der Waals surface area contributed by atoms with Crippen molar-refractivity contribution in [2.45, 2.75) is 65.2 Å². The molecule has 4 nitrogen and oxygen atoms in total. The third-order valence-corrected chi connectivity index (χ3v) is 19.5. The van der Waals surface area contributed by atoms with Crippen LogP contribution in [-0.4, -0.2) is 9.13 Å². The van der Waals surface area contributed by atoms with Crippen molar-refractivity contribution in [3.63, 3.8) is 0 Å². The Labute approximate surface area is 514 Å². The van der Waals surface area contributed by atoms with Crippen LogP contribution in [0.25, 0.3) is 75.2 Å². The van der Waals surface area contributed by atoms with E-state index in [9.17, 15) is 0 Å². The van der Waals surface area contributed by atoms with Crippen molar-refractivity contribution in [1.82, 2.24) is 9.13 Å². The van der Waals surface area contributed by atoms with E-state index in [2.05, 4.69) is 326 Å². The van der Waals surface area contributed by atoms with Gasteiger partial charge >= 0.3 is 0 Å². The smallest absolute Gasteiger partial charge is 0.0541 e. The van der Waals surface area contributed by atoms with Crippen LogP contribution in [0.1, 0.15) is 65.5 Å². The molecule has 12 aromatic carbocycles. The predicted octanol–water partition coefficient (Wildman–Crippen LogP) is 23.4. The van der Waals surface area contributed by atoms with Gasteiger partial charge in [0.1, 0.15) is 0 Å². The lowest BCUT2D eigenvalue weighted by molar-refractivity contribution is 0.346. The summed E-state index contributed by atoms with van der Waals surface area (Å²) in [4.78, 5) is 4.74. The maximum Gasteiger partial charge on any atom is 0.0541 e. The van der Waals surface area contributed by atoms with Crippen molar-refractivity contribution < 1.29 is 0 Å². The molecule has 0 bridgehead atoms. The highest BCUT2D eigenvalue weighted by molar-refractivity contribution is 7.25. The summed E-state index contributed by atoms with van der Waals surface area (Å²) in [6, 6.07) is 103. The Bertz CT molecular complexity index is 4460. The van der Waals surface area contributed by atoms with Gasteiger partial charge in [-0.3, -0.25) is 0 Å². The Morgan fingerprint density at radius 1 is 0.287 bits per heavy atom. The van der Waals surface area contributed by atoms with Gasteiger partial charge in [-0.15, -0.1) is 11.3 Å². The Morgan fingerprint density at radius 3 is 0.862 bits per heavy atom. The number of para-hydroxylation sites is 4. The fraction of sp³-hybridized carbons (Fsp3) is 0.122. The molecule has 0 radical (unpaired) electrons. The Balaban J connectivity index is 0.000000149. The van der Waals surface area contributed by atoms with Crippen molar-refractivity contribution in [3.8, 4) is 11.4 Å². The number of aryl methyl sites for hydroxylation is 4. The van der Waals surface area contributed by atoms with Crippen LogP contribution in [0.4, 0.5) is 34.1 Å². The number of hydrogen-bond donors (Lipinski definition) is 0. The van der Waals surface area contributed by atoms with Gasteiger partial charge in [0.05, 0.1) is 22.1 Å². The standard InChI is InChI=1S/C46H46N2.C36H22N2S/c1-34-8-20-40(21-9-34)47(41-22-10-35(2)11-23-41)44-28-16-38(17-29-44)46(32-6-5-7-33-46)39-18-30-45(31-19-39)48(42-24-12-36(3)13-25-42)43-26-14-37(4)15-27-43;1-5-13-31-25(9-1)26-10-2-6-14-32(26)37(31)23-17-19-35-29(21-23)30-22-24(18-20-36(30)39-35)38-33-15-7-3-11-27(33)28-12-4-8-16-34(28)38/h8-31H,5-7,32-33H2,1-4H3;1-22H. The number of nitrogens with zero attached hydrogens (tertiary/aromatic N) is 4. The van der Waals surface area contributed by atoms with Crippen LogP contribution in [0, 0.1) is 27.7 Å². The van der Waals surface area contributed by atoms with Crippen LogP contribution in [0.2, 0.25) is 0 Å². The molecule has 1 fully saturated rings. The number of benzene rings is 12. The highest BCUT2D eigenvalue weighted by Crippen LogP contribution is 2.48. The average molecular weight is 1140 g/mol. The lowest BCUT2D eigenvalue weighted by Gasteiger charge is -2.39. The van der Waals surface area contributed by atoms with E-state index >= 15 is 0 Å². The molecule has 1 aliphatic rings. The molecule has 0 atom stereocenters. The summed E-state index contributed by atoms with van der Waals surface area (Å²) < 4.78 is 7.44. The maximum atomic E-state index is 2.41. The highest BCUT2D eigenvalue weighted by atomic mass is 32.1. The van der Waals surface area contributed by atoms with E-state index in [0.717, 1.165) is 0 Å². The highest BCUT2D eigenvalue weighted by Gasteiger charge is 2.36. The molecular weight excluding hydrogens is 1070 g/mol. The second-order valence-electron chi connectivity index (χ2n) is 24.0. The minimum Gasteiger partial charge on any atom is -0.311 e. The van der Waals surface area contributed by atoms with Crippen molar-refractivity contribution in [2.75, 3.05) is 9.80 Å². The molecule has 0 amide bonds. The minimum absolute atomic E-state index is 0.00636. The van der Waals surface area contributed by atoms with Gasteiger partial charge in [-0.05, 0) is 185 Å². The van der Waals surface area contributed by atoms with Gasteiger partial charge < -0.3 is 18.9 Å². The van der Waals surface area contributed by atoms with Crippen molar-refractivity contribution in [1.29, 1.82) is 0 Å². The molecule has 0 N–H and O–H groups in total. The molecule has 3 aromatic heterocycles. The molecule has 422 valence electrons. The SMILES string of the molecule is Cc1ccc(N(c2ccc(C)cc2)c2ccc(C3(c4ccc(N(c5ccc(C)cc5)c5ccc(C)cc5)cc4)CCCCC3)cc2)cc1.c1ccc2c(c1)c1ccccc1n2-c1ccc2sc3ccc(-n4c5ccccc5c5ccccc54)cc3c2c1. The van der Waals surface area contributed by atoms with Gasteiger partial charge in [0.2, 0.25) is 0 Å². The monoisotopic (exact) mass is 1140 g/mol. The molecule has 16 rings (SSSR count).